The van der Waals surface area contributed by atoms with Gasteiger partial charge in [-0.25, -0.2) is 8.42 Å². The third kappa shape index (κ3) is 5.58. The second kappa shape index (κ2) is 10.7. The van der Waals surface area contributed by atoms with E-state index in [-0.39, 0.29) is 23.5 Å². The summed E-state index contributed by atoms with van der Waals surface area (Å²) in [6, 6.07) is 21.9. The quantitative estimate of drug-likeness (QED) is 0.413. The number of rotatable bonds is 7. The van der Waals surface area contributed by atoms with Crippen LogP contribution in [0.4, 0.5) is 5.69 Å². The van der Waals surface area contributed by atoms with Crippen molar-refractivity contribution in [3.8, 4) is 11.8 Å². The zero-order valence-electron chi connectivity index (χ0n) is 17.2. The molecule has 3 aromatic rings. The van der Waals surface area contributed by atoms with Crippen LogP contribution in [0.2, 0.25) is 5.02 Å². The molecule has 0 aliphatic heterocycles. The fraction of sp³-hybridized carbons (Fsp3) is 0.0800. The lowest BCUT2D eigenvalue weighted by Crippen LogP contribution is -2.32. The van der Waals surface area contributed by atoms with Crippen LogP contribution in [0.25, 0.3) is 0 Å². The maximum absolute atomic E-state index is 13.3. The molecule has 1 amide bonds. The van der Waals surface area contributed by atoms with Crippen LogP contribution in [0.5, 0.6) is 0 Å². The molecule has 0 radical (unpaired) electrons. The minimum atomic E-state index is -3.99. The minimum absolute atomic E-state index is 0.0254. The molecular weight excluding hydrogens is 444 g/mol. The number of anilines is 1. The molecule has 5 nitrogen and oxygen atoms in total. The van der Waals surface area contributed by atoms with Crippen molar-refractivity contribution in [2.24, 2.45) is 0 Å². The SMILES string of the molecule is C=CCN(c1ccccc1Cl)S(=O)(=O)c1cccc(C(=O)NCC#Cc2ccccc2)c1. The first-order chi connectivity index (χ1) is 15.4. The average Bonchev–Trinajstić information content (AvgIpc) is 2.81. The predicted octanol–water partition coefficient (Wildman–Crippen LogP) is 4.50. The van der Waals surface area contributed by atoms with Crippen LogP contribution in [-0.4, -0.2) is 27.4 Å². The van der Waals surface area contributed by atoms with Gasteiger partial charge in [0.2, 0.25) is 0 Å². The molecule has 0 aliphatic carbocycles. The van der Waals surface area contributed by atoms with Crippen molar-refractivity contribution in [3.05, 3.63) is 108 Å². The molecule has 0 spiro atoms. The highest BCUT2D eigenvalue weighted by atomic mass is 35.5. The molecule has 32 heavy (non-hydrogen) atoms. The first-order valence-electron chi connectivity index (χ1n) is 9.74. The molecule has 162 valence electrons. The second-order valence-electron chi connectivity index (χ2n) is 6.65. The molecule has 0 aliphatic rings. The van der Waals surface area contributed by atoms with E-state index in [2.05, 4.69) is 23.7 Å². The van der Waals surface area contributed by atoms with E-state index in [4.69, 9.17) is 11.6 Å². The number of hydrogen-bond acceptors (Lipinski definition) is 3. The molecule has 3 aromatic carbocycles. The van der Waals surface area contributed by atoms with Gasteiger partial charge in [0.1, 0.15) is 0 Å². The number of amides is 1. The molecule has 0 aromatic heterocycles. The fourth-order valence-corrected chi connectivity index (χ4v) is 4.71. The third-order valence-corrected chi connectivity index (χ3v) is 6.54. The lowest BCUT2D eigenvalue weighted by molar-refractivity contribution is 0.0958. The van der Waals surface area contributed by atoms with Crippen LogP contribution in [0.15, 0.2) is 96.4 Å². The van der Waals surface area contributed by atoms with Crippen molar-refractivity contribution >= 4 is 33.2 Å². The first kappa shape index (κ1) is 23.1. The zero-order chi connectivity index (χ0) is 23.0. The third-order valence-electron chi connectivity index (χ3n) is 4.44. The van der Waals surface area contributed by atoms with Crippen molar-refractivity contribution in [3.63, 3.8) is 0 Å². The molecule has 7 heteroatoms. The van der Waals surface area contributed by atoms with E-state index in [0.29, 0.717) is 10.7 Å². The van der Waals surface area contributed by atoms with Crippen molar-refractivity contribution < 1.29 is 13.2 Å². The smallest absolute Gasteiger partial charge is 0.264 e. The van der Waals surface area contributed by atoms with Gasteiger partial charge in [0.25, 0.3) is 15.9 Å². The molecule has 0 unspecified atom stereocenters. The standard InChI is InChI=1S/C25H21ClN2O3S/c1-2-18-28(24-16-7-6-15-23(24)26)32(30,31)22-14-8-13-21(19-22)25(29)27-17-9-12-20-10-4-3-5-11-20/h2-8,10-11,13-16,19H,1,17-18H2,(H,27,29). The predicted molar refractivity (Wildman–Crippen MR) is 128 cm³/mol. The number of sulfonamides is 1. The highest BCUT2D eigenvalue weighted by Crippen LogP contribution is 2.30. The van der Waals surface area contributed by atoms with Crippen LogP contribution in [0.1, 0.15) is 15.9 Å². The van der Waals surface area contributed by atoms with E-state index in [1.807, 2.05) is 30.3 Å². The summed E-state index contributed by atoms with van der Waals surface area (Å²) in [6.45, 7) is 3.80. The Morgan fingerprint density at radius 1 is 1.03 bits per heavy atom. The summed E-state index contributed by atoms with van der Waals surface area (Å²) in [5.41, 5.74) is 1.39. The molecule has 0 fully saturated rings. The average molecular weight is 465 g/mol. The Hall–Kier alpha value is -3.53. The fourth-order valence-electron chi connectivity index (χ4n) is 2.92. The maximum Gasteiger partial charge on any atom is 0.264 e. The summed E-state index contributed by atoms with van der Waals surface area (Å²) in [5.74, 6) is 5.41. The van der Waals surface area contributed by atoms with E-state index in [1.54, 1.807) is 30.3 Å². The van der Waals surface area contributed by atoms with Crippen molar-refractivity contribution in [1.82, 2.24) is 5.32 Å². The molecule has 1 N–H and O–H groups in total. The summed E-state index contributed by atoms with van der Waals surface area (Å²) in [6.07, 6.45) is 1.48. The Morgan fingerprint density at radius 2 is 1.75 bits per heavy atom. The van der Waals surface area contributed by atoms with Crippen LogP contribution in [0, 0.1) is 11.8 Å². The van der Waals surface area contributed by atoms with Gasteiger partial charge in [-0.3, -0.25) is 9.10 Å². The number of nitrogens with zero attached hydrogens (tertiary/aromatic N) is 1. The zero-order valence-corrected chi connectivity index (χ0v) is 18.7. The van der Waals surface area contributed by atoms with Crippen molar-refractivity contribution in [2.45, 2.75) is 4.90 Å². The van der Waals surface area contributed by atoms with E-state index in [1.165, 1.54) is 24.3 Å². The normalized spacial score (nSPS) is 10.5. The molecular formula is C25H21ClN2O3S. The summed E-state index contributed by atoms with van der Waals surface area (Å²) in [7, 11) is -3.99. The number of carbonyl (C=O) groups is 1. The van der Waals surface area contributed by atoms with E-state index in [9.17, 15) is 13.2 Å². The number of halogens is 1. The molecule has 0 saturated heterocycles. The minimum Gasteiger partial charge on any atom is -0.341 e. The van der Waals surface area contributed by atoms with Crippen LogP contribution >= 0.6 is 11.6 Å². The van der Waals surface area contributed by atoms with Gasteiger partial charge in [-0.2, -0.15) is 0 Å². The van der Waals surface area contributed by atoms with Gasteiger partial charge in [0.15, 0.2) is 0 Å². The van der Waals surface area contributed by atoms with Gasteiger partial charge >= 0.3 is 0 Å². The van der Waals surface area contributed by atoms with Crippen LogP contribution < -0.4 is 9.62 Å². The number of hydrogen-bond donors (Lipinski definition) is 1. The molecule has 0 atom stereocenters. The molecule has 0 heterocycles. The Bertz CT molecular complexity index is 1280. The summed E-state index contributed by atoms with van der Waals surface area (Å²) in [5, 5.41) is 2.98. The number of benzene rings is 3. The Morgan fingerprint density at radius 3 is 2.47 bits per heavy atom. The summed E-state index contributed by atoms with van der Waals surface area (Å²) in [4.78, 5) is 12.5. The van der Waals surface area contributed by atoms with E-state index in [0.717, 1.165) is 9.87 Å². The molecule has 0 saturated carbocycles. The Kier molecular flexibility index (Phi) is 7.72. The van der Waals surface area contributed by atoms with Crippen molar-refractivity contribution in [2.75, 3.05) is 17.4 Å². The molecule has 0 bridgehead atoms. The number of para-hydroxylation sites is 1. The van der Waals surface area contributed by atoms with Crippen LogP contribution in [-0.2, 0) is 10.0 Å². The van der Waals surface area contributed by atoms with Crippen molar-refractivity contribution in [1.29, 1.82) is 0 Å². The first-order valence-corrected chi connectivity index (χ1v) is 11.6. The number of carbonyl (C=O) groups excluding carboxylic acids is 1. The lowest BCUT2D eigenvalue weighted by atomic mass is 10.2. The maximum atomic E-state index is 13.3. The Balaban J connectivity index is 1.80. The summed E-state index contributed by atoms with van der Waals surface area (Å²) < 4.78 is 27.8. The van der Waals surface area contributed by atoms with Crippen LogP contribution in [0.3, 0.4) is 0 Å². The highest BCUT2D eigenvalue weighted by Gasteiger charge is 2.26. The van der Waals surface area contributed by atoms with E-state index < -0.39 is 15.9 Å². The largest absolute Gasteiger partial charge is 0.341 e. The van der Waals surface area contributed by atoms with Gasteiger partial charge in [0.05, 0.1) is 28.7 Å². The lowest BCUT2D eigenvalue weighted by Gasteiger charge is -2.24. The second-order valence-corrected chi connectivity index (χ2v) is 8.92. The van der Waals surface area contributed by atoms with Gasteiger partial charge in [-0.05, 0) is 42.5 Å². The highest BCUT2D eigenvalue weighted by molar-refractivity contribution is 7.92. The van der Waals surface area contributed by atoms with Gasteiger partial charge in [-0.1, -0.05) is 65.9 Å². The monoisotopic (exact) mass is 464 g/mol. The van der Waals surface area contributed by atoms with Gasteiger partial charge < -0.3 is 5.32 Å². The number of nitrogens with one attached hydrogen (secondary N) is 1. The molecule has 3 rings (SSSR count). The van der Waals surface area contributed by atoms with E-state index >= 15 is 0 Å². The van der Waals surface area contributed by atoms with Gasteiger partial charge in [-0.15, -0.1) is 6.58 Å². The topological polar surface area (TPSA) is 66.5 Å². The Labute approximate surface area is 193 Å². The summed E-state index contributed by atoms with van der Waals surface area (Å²) >= 11 is 6.23. The van der Waals surface area contributed by atoms with Gasteiger partial charge in [0, 0.05) is 11.1 Å².